The maximum atomic E-state index is 12.7. The number of benzene rings is 2. The van der Waals surface area contributed by atoms with Crippen LogP contribution in [0, 0.1) is 0 Å². The second-order valence-electron chi connectivity index (χ2n) is 5.40. The van der Waals surface area contributed by atoms with Crippen LogP contribution >= 0.6 is 23.2 Å². The molecule has 0 saturated heterocycles. The molecule has 0 fully saturated rings. The smallest absolute Gasteiger partial charge is 0.257 e. The number of likely N-dealkylation sites (N-methyl/N-ethyl adjacent to an activating group) is 1. The van der Waals surface area contributed by atoms with Crippen LogP contribution in [0.2, 0.25) is 10.0 Å². The molecule has 8 heteroatoms. The first-order chi connectivity index (χ1) is 12.3. The van der Waals surface area contributed by atoms with E-state index < -0.39 is 0 Å². The Labute approximate surface area is 161 Å². The maximum Gasteiger partial charge on any atom is 0.257 e. The molecule has 1 N–H and O–H groups in total. The molecule has 0 aliphatic heterocycles. The van der Waals surface area contributed by atoms with E-state index in [2.05, 4.69) is 5.32 Å². The van der Waals surface area contributed by atoms with Crippen molar-refractivity contribution in [3.8, 4) is 11.5 Å². The molecule has 0 unspecified atom stereocenters. The van der Waals surface area contributed by atoms with Gasteiger partial charge in [-0.3, -0.25) is 9.59 Å². The minimum Gasteiger partial charge on any atom is -0.497 e. The minimum absolute atomic E-state index is 0.153. The predicted octanol–water partition coefficient (Wildman–Crippen LogP) is 3.72. The Morgan fingerprint density at radius 3 is 2.38 bits per heavy atom. The van der Waals surface area contributed by atoms with Gasteiger partial charge < -0.3 is 19.7 Å². The molecule has 0 bridgehead atoms. The van der Waals surface area contributed by atoms with Gasteiger partial charge in [-0.05, 0) is 36.4 Å². The van der Waals surface area contributed by atoms with E-state index in [0.717, 1.165) is 0 Å². The maximum absolute atomic E-state index is 12.7. The second-order valence-corrected chi connectivity index (χ2v) is 6.22. The van der Waals surface area contributed by atoms with E-state index in [4.69, 9.17) is 32.7 Å². The minimum atomic E-state index is -0.374. The number of hydrogen-bond acceptors (Lipinski definition) is 4. The summed E-state index contributed by atoms with van der Waals surface area (Å²) in [6, 6.07) is 9.63. The summed E-state index contributed by atoms with van der Waals surface area (Å²) < 4.78 is 10.3. The fourth-order valence-corrected chi connectivity index (χ4v) is 2.55. The van der Waals surface area contributed by atoms with Crippen LogP contribution in [-0.2, 0) is 4.79 Å². The van der Waals surface area contributed by atoms with E-state index in [9.17, 15) is 9.59 Å². The zero-order valence-electron chi connectivity index (χ0n) is 14.5. The van der Waals surface area contributed by atoms with Crippen LogP contribution in [0.1, 0.15) is 10.4 Å². The van der Waals surface area contributed by atoms with Crippen molar-refractivity contribution in [2.75, 3.05) is 33.1 Å². The van der Waals surface area contributed by atoms with Crippen LogP contribution in [0.15, 0.2) is 36.4 Å². The summed E-state index contributed by atoms with van der Waals surface area (Å²) >= 11 is 11.8. The van der Waals surface area contributed by atoms with Crippen LogP contribution in [0.4, 0.5) is 5.69 Å². The third-order valence-electron chi connectivity index (χ3n) is 3.57. The van der Waals surface area contributed by atoms with Crippen molar-refractivity contribution in [2.24, 2.45) is 0 Å². The molecular weight excluding hydrogens is 379 g/mol. The van der Waals surface area contributed by atoms with E-state index in [1.165, 1.54) is 32.2 Å². The lowest BCUT2D eigenvalue weighted by Gasteiger charge is -2.19. The van der Waals surface area contributed by atoms with Crippen LogP contribution in [0.3, 0.4) is 0 Å². The number of halogens is 2. The first kappa shape index (κ1) is 19.9. The van der Waals surface area contributed by atoms with Crippen molar-refractivity contribution in [1.82, 2.24) is 4.90 Å². The van der Waals surface area contributed by atoms with Crippen LogP contribution < -0.4 is 14.8 Å². The van der Waals surface area contributed by atoms with Crippen molar-refractivity contribution >= 4 is 40.7 Å². The number of carbonyl (C=O) groups excluding carboxylic acids is 2. The second kappa shape index (κ2) is 8.78. The third kappa shape index (κ3) is 4.80. The number of nitrogens with zero attached hydrogens (tertiary/aromatic N) is 1. The summed E-state index contributed by atoms with van der Waals surface area (Å²) in [4.78, 5) is 26.1. The Kier molecular flexibility index (Phi) is 6.71. The number of rotatable bonds is 6. The van der Waals surface area contributed by atoms with Gasteiger partial charge in [-0.25, -0.2) is 0 Å². The van der Waals surface area contributed by atoms with Crippen molar-refractivity contribution in [1.29, 1.82) is 0 Å². The summed E-state index contributed by atoms with van der Waals surface area (Å²) in [5.74, 6) is 0.168. The zero-order valence-corrected chi connectivity index (χ0v) is 16.0. The van der Waals surface area contributed by atoms with Gasteiger partial charge in [0, 0.05) is 12.7 Å². The molecular formula is C18H18Cl2N2O4. The number of anilines is 1. The Morgan fingerprint density at radius 2 is 1.77 bits per heavy atom. The Morgan fingerprint density at radius 1 is 1.04 bits per heavy atom. The topological polar surface area (TPSA) is 67.9 Å². The van der Waals surface area contributed by atoms with Gasteiger partial charge in [0.2, 0.25) is 5.91 Å². The Hall–Kier alpha value is -2.44. The van der Waals surface area contributed by atoms with E-state index in [1.807, 2.05) is 0 Å². The fourth-order valence-electron chi connectivity index (χ4n) is 2.25. The van der Waals surface area contributed by atoms with Crippen molar-refractivity contribution in [3.63, 3.8) is 0 Å². The van der Waals surface area contributed by atoms with Gasteiger partial charge in [0.25, 0.3) is 5.91 Å². The highest BCUT2D eigenvalue weighted by molar-refractivity contribution is 6.42. The van der Waals surface area contributed by atoms with E-state index >= 15 is 0 Å². The fraction of sp³-hybridized carbons (Fsp3) is 0.222. The van der Waals surface area contributed by atoms with Gasteiger partial charge >= 0.3 is 0 Å². The Balaban J connectivity index is 2.08. The van der Waals surface area contributed by atoms with E-state index in [1.54, 1.807) is 30.3 Å². The highest BCUT2D eigenvalue weighted by atomic mass is 35.5. The summed E-state index contributed by atoms with van der Waals surface area (Å²) in [7, 11) is 4.50. The average molecular weight is 397 g/mol. The lowest BCUT2D eigenvalue weighted by Crippen LogP contribution is -2.35. The summed E-state index contributed by atoms with van der Waals surface area (Å²) in [6.45, 7) is -0.153. The van der Waals surface area contributed by atoms with Crippen molar-refractivity contribution < 1.29 is 19.1 Å². The molecule has 0 saturated carbocycles. The molecule has 138 valence electrons. The van der Waals surface area contributed by atoms with Gasteiger partial charge in [0.05, 0.1) is 36.4 Å². The largest absolute Gasteiger partial charge is 0.497 e. The standard InChI is InChI=1S/C18H18Cl2N2O4/c1-22(10-17(23)21-11-4-6-14(19)15(20)8-11)18(24)13-9-12(25-2)5-7-16(13)26-3/h4-9H,10H2,1-3H3,(H,21,23). The van der Waals surface area contributed by atoms with Crippen LogP contribution in [-0.4, -0.2) is 44.5 Å². The number of ether oxygens (including phenoxy) is 2. The van der Waals surface area contributed by atoms with Crippen molar-refractivity contribution in [3.05, 3.63) is 52.0 Å². The molecule has 0 aliphatic rings. The quantitative estimate of drug-likeness (QED) is 0.807. The summed E-state index contributed by atoms with van der Waals surface area (Å²) in [6.07, 6.45) is 0. The molecule has 0 radical (unpaired) electrons. The molecule has 6 nitrogen and oxygen atoms in total. The number of nitrogens with one attached hydrogen (secondary N) is 1. The molecule has 2 amide bonds. The average Bonchev–Trinajstić information content (AvgIpc) is 2.63. The number of hydrogen-bond donors (Lipinski definition) is 1. The number of amides is 2. The molecule has 2 aromatic rings. The highest BCUT2D eigenvalue weighted by Gasteiger charge is 2.20. The normalized spacial score (nSPS) is 10.2. The molecule has 0 heterocycles. The lowest BCUT2D eigenvalue weighted by atomic mass is 10.1. The van der Waals surface area contributed by atoms with Gasteiger partial charge in [-0.2, -0.15) is 0 Å². The van der Waals surface area contributed by atoms with E-state index in [-0.39, 0.29) is 18.4 Å². The summed E-state index contributed by atoms with van der Waals surface area (Å²) in [5.41, 5.74) is 0.792. The van der Waals surface area contributed by atoms with Crippen LogP contribution in [0.25, 0.3) is 0 Å². The number of carbonyl (C=O) groups is 2. The molecule has 0 aliphatic carbocycles. The van der Waals surface area contributed by atoms with Gasteiger partial charge in [-0.15, -0.1) is 0 Å². The van der Waals surface area contributed by atoms with Crippen LogP contribution in [0.5, 0.6) is 11.5 Å². The summed E-state index contributed by atoms with van der Waals surface area (Å²) in [5, 5.41) is 3.39. The third-order valence-corrected chi connectivity index (χ3v) is 4.31. The number of methoxy groups -OCH3 is 2. The van der Waals surface area contributed by atoms with E-state index in [0.29, 0.717) is 32.8 Å². The first-order valence-electron chi connectivity index (χ1n) is 7.58. The molecule has 2 rings (SSSR count). The molecule has 2 aromatic carbocycles. The van der Waals surface area contributed by atoms with Crippen molar-refractivity contribution in [2.45, 2.75) is 0 Å². The predicted molar refractivity (Wildman–Crippen MR) is 102 cm³/mol. The SMILES string of the molecule is COc1ccc(OC)c(C(=O)N(C)CC(=O)Nc2ccc(Cl)c(Cl)c2)c1. The highest BCUT2D eigenvalue weighted by Crippen LogP contribution is 2.26. The molecule has 26 heavy (non-hydrogen) atoms. The van der Waals surface area contributed by atoms with Gasteiger partial charge in [0.15, 0.2) is 0 Å². The molecule has 0 atom stereocenters. The lowest BCUT2D eigenvalue weighted by molar-refractivity contribution is -0.116. The molecule has 0 aromatic heterocycles. The van der Waals surface area contributed by atoms with Gasteiger partial charge in [0.1, 0.15) is 11.5 Å². The monoisotopic (exact) mass is 396 g/mol. The molecule has 0 spiro atoms. The first-order valence-corrected chi connectivity index (χ1v) is 8.33. The van der Waals surface area contributed by atoms with Gasteiger partial charge in [-0.1, -0.05) is 23.2 Å². The Bertz CT molecular complexity index is 827. The zero-order chi connectivity index (χ0) is 19.3.